The fourth-order valence-electron chi connectivity index (χ4n) is 3.11. The molecule has 3 aromatic rings. The molecule has 3 heterocycles. The molecule has 1 unspecified atom stereocenters. The Labute approximate surface area is 182 Å². The number of aromatic hydroxyl groups is 1. The van der Waals surface area contributed by atoms with Crippen molar-refractivity contribution in [3.63, 3.8) is 0 Å². The number of carbonyl (C=O) groups is 1. The molecule has 164 valence electrons. The molecule has 1 saturated heterocycles. The zero-order valence-electron chi connectivity index (χ0n) is 17.7. The van der Waals surface area contributed by atoms with E-state index < -0.39 is 0 Å². The topological polar surface area (TPSA) is 126 Å². The molecule has 8 nitrogen and oxygen atoms in total. The van der Waals surface area contributed by atoms with E-state index in [0.717, 1.165) is 12.1 Å². The highest BCUT2D eigenvalue weighted by Gasteiger charge is 2.20. The van der Waals surface area contributed by atoms with Gasteiger partial charge in [-0.15, -0.1) is 0 Å². The average molecular weight is 423 g/mol. The van der Waals surface area contributed by atoms with E-state index in [1.165, 1.54) is 19.0 Å². The number of nitrogens with two attached hydrogens (primary N) is 2. The van der Waals surface area contributed by atoms with E-state index >= 15 is 0 Å². The van der Waals surface area contributed by atoms with E-state index in [4.69, 9.17) is 16.3 Å². The van der Waals surface area contributed by atoms with Crippen LogP contribution in [0.25, 0.3) is 11.8 Å². The number of aldehydes is 1. The Balaban J connectivity index is 0.000000197. The third-order valence-electron chi connectivity index (χ3n) is 4.70. The predicted molar refractivity (Wildman–Crippen MR) is 125 cm³/mol. The second-order valence-electron chi connectivity index (χ2n) is 7.03. The Bertz CT molecular complexity index is 972. The minimum absolute atomic E-state index is 0.158. The molecule has 0 spiro atoms. The summed E-state index contributed by atoms with van der Waals surface area (Å²) < 4.78 is 2.06. The Kier molecular flexibility index (Phi) is 9.13. The smallest absolute Gasteiger partial charge is 0.142 e. The number of aromatic amines is 1. The maximum absolute atomic E-state index is 9.62. The summed E-state index contributed by atoms with van der Waals surface area (Å²) in [6.07, 6.45) is 10.4. The molecule has 1 atom stereocenters. The maximum atomic E-state index is 9.62. The van der Waals surface area contributed by atoms with Gasteiger partial charge in [-0.2, -0.15) is 5.10 Å². The van der Waals surface area contributed by atoms with Gasteiger partial charge in [-0.05, 0) is 56.4 Å². The number of aromatic nitrogens is 3. The molecule has 0 saturated carbocycles. The number of allylic oxidation sites excluding steroid dienone is 1. The molecular weight excluding hydrogens is 392 g/mol. The number of para-hydroxylation sites is 1. The number of nitrogen functional groups attached to an aromatic ring is 1. The van der Waals surface area contributed by atoms with Crippen LogP contribution in [0.15, 0.2) is 67.6 Å². The molecule has 1 aliphatic heterocycles. The number of carbonyl (C=O) groups excluding carboxylic acids is 1. The van der Waals surface area contributed by atoms with E-state index in [1.807, 2.05) is 30.6 Å². The highest BCUT2D eigenvalue weighted by Crippen LogP contribution is 2.24. The van der Waals surface area contributed by atoms with E-state index in [9.17, 15) is 5.11 Å². The zero-order valence-corrected chi connectivity index (χ0v) is 17.7. The Hall–Kier alpha value is -3.78. The van der Waals surface area contributed by atoms with Gasteiger partial charge in [0.1, 0.15) is 17.9 Å². The summed E-state index contributed by atoms with van der Waals surface area (Å²) in [5, 5.41) is 13.8. The van der Waals surface area contributed by atoms with Gasteiger partial charge in [0.15, 0.2) is 0 Å². The van der Waals surface area contributed by atoms with Gasteiger partial charge in [0.05, 0.1) is 6.04 Å². The predicted octanol–water partition coefficient (Wildman–Crippen LogP) is 2.89. The lowest BCUT2D eigenvalue weighted by molar-refractivity contribution is -0.104. The number of phenolic OH excluding ortho intramolecular Hbond substituents is 1. The fourth-order valence-corrected chi connectivity index (χ4v) is 3.11. The van der Waals surface area contributed by atoms with Crippen LogP contribution in [-0.2, 0) is 4.79 Å². The van der Waals surface area contributed by atoms with Gasteiger partial charge in [0.25, 0.3) is 0 Å². The minimum atomic E-state index is 0.158. The number of likely N-dealkylation sites (N-methyl/N-ethyl adjacent to an activating group) is 1. The first-order chi connectivity index (χ1) is 15.0. The average Bonchev–Trinajstić information content (AvgIpc) is 3.52. The van der Waals surface area contributed by atoms with Crippen molar-refractivity contribution in [3.05, 3.63) is 78.8 Å². The Morgan fingerprint density at radius 3 is 2.58 bits per heavy atom. The summed E-state index contributed by atoms with van der Waals surface area (Å²) in [5.74, 6) is 0.712. The number of nitrogens with one attached hydrogen (secondary N) is 1. The summed E-state index contributed by atoms with van der Waals surface area (Å²) >= 11 is 0. The van der Waals surface area contributed by atoms with E-state index in [1.54, 1.807) is 30.5 Å². The molecule has 0 aliphatic carbocycles. The van der Waals surface area contributed by atoms with Gasteiger partial charge in [-0.3, -0.25) is 9.48 Å². The van der Waals surface area contributed by atoms with Crippen molar-refractivity contribution in [1.29, 1.82) is 0 Å². The summed E-state index contributed by atoms with van der Waals surface area (Å²) in [7, 11) is 2.16. The molecule has 1 aliphatic rings. The number of benzene rings is 1. The monoisotopic (exact) mass is 422 g/mol. The number of phenols is 1. The van der Waals surface area contributed by atoms with Crippen LogP contribution in [0, 0.1) is 0 Å². The summed E-state index contributed by atoms with van der Waals surface area (Å²) in [4.78, 5) is 14.3. The van der Waals surface area contributed by atoms with Crippen LogP contribution < -0.4 is 11.5 Å². The summed E-state index contributed by atoms with van der Waals surface area (Å²) in [5.41, 5.74) is 13.5. The lowest BCUT2D eigenvalue weighted by Gasteiger charge is -2.09. The van der Waals surface area contributed by atoms with Gasteiger partial charge in [0.2, 0.25) is 0 Å². The van der Waals surface area contributed by atoms with Crippen LogP contribution in [-0.4, -0.2) is 51.2 Å². The second-order valence-corrected chi connectivity index (χ2v) is 7.03. The van der Waals surface area contributed by atoms with Gasteiger partial charge in [-0.25, -0.2) is 0 Å². The van der Waals surface area contributed by atoms with E-state index in [2.05, 4.69) is 33.3 Å². The Morgan fingerprint density at radius 2 is 2.06 bits per heavy atom. The van der Waals surface area contributed by atoms with Crippen molar-refractivity contribution in [2.24, 2.45) is 5.73 Å². The molecule has 0 amide bonds. The maximum Gasteiger partial charge on any atom is 0.142 e. The van der Waals surface area contributed by atoms with Crippen LogP contribution in [0.5, 0.6) is 5.75 Å². The van der Waals surface area contributed by atoms with Crippen molar-refractivity contribution in [3.8, 4) is 5.75 Å². The van der Waals surface area contributed by atoms with Gasteiger partial charge in [0, 0.05) is 42.0 Å². The van der Waals surface area contributed by atoms with Gasteiger partial charge in [-0.1, -0.05) is 18.7 Å². The lowest BCUT2D eigenvalue weighted by atomic mass is 10.1. The van der Waals surface area contributed by atoms with Crippen LogP contribution in [0.4, 0.5) is 5.82 Å². The van der Waals surface area contributed by atoms with Crippen LogP contribution in [0.1, 0.15) is 23.6 Å². The van der Waals surface area contributed by atoms with Crippen molar-refractivity contribution >= 4 is 23.9 Å². The molecule has 8 heteroatoms. The van der Waals surface area contributed by atoms with Crippen molar-refractivity contribution in [2.45, 2.75) is 12.5 Å². The molecule has 0 radical (unpaired) electrons. The highest BCUT2D eigenvalue weighted by molar-refractivity contribution is 5.84. The first-order valence-electron chi connectivity index (χ1n) is 9.88. The van der Waals surface area contributed by atoms with Crippen molar-refractivity contribution in [1.82, 2.24) is 19.7 Å². The molecule has 31 heavy (non-hydrogen) atoms. The fraction of sp³-hybridized carbons (Fsp3) is 0.217. The molecule has 6 N–H and O–H groups in total. The van der Waals surface area contributed by atoms with Crippen LogP contribution in [0.3, 0.4) is 0 Å². The normalized spacial score (nSPS) is 15.9. The standard InChI is InChI=1S/C12H13N3O.C8H13N3.C3H4O/c13-10(7-8-5-6-15-12(8)14)9-3-1-2-4-11(9)16;1-10-6-3-8(7-10)11-5-2-4-9-11;1-2-3-4/h1-7,15-16H,13-14H2;2,4-5,8H,3,6-7H2,1H3;2-3H,1H2/b10-7-;;. The van der Waals surface area contributed by atoms with Crippen molar-refractivity contribution < 1.29 is 9.90 Å². The number of hydrogen-bond donors (Lipinski definition) is 4. The Morgan fingerprint density at radius 1 is 1.32 bits per heavy atom. The molecule has 0 bridgehead atoms. The highest BCUT2D eigenvalue weighted by atomic mass is 16.3. The van der Waals surface area contributed by atoms with E-state index in [-0.39, 0.29) is 5.75 Å². The summed E-state index contributed by atoms with van der Waals surface area (Å²) in [6, 6.07) is 11.3. The largest absolute Gasteiger partial charge is 0.507 e. The van der Waals surface area contributed by atoms with E-state index in [0.29, 0.717) is 29.4 Å². The quantitative estimate of drug-likeness (QED) is 0.378. The first kappa shape index (κ1) is 23.5. The van der Waals surface area contributed by atoms with Crippen LogP contribution in [0.2, 0.25) is 0 Å². The number of anilines is 1. The first-order valence-corrected chi connectivity index (χ1v) is 9.88. The number of likely N-dealkylation sites (tertiary alicyclic amines) is 1. The van der Waals surface area contributed by atoms with Crippen LogP contribution >= 0.6 is 0 Å². The molecule has 2 aromatic heterocycles. The third kappa shape index (κ3) is 7.20. The number of rotatable bonds is 4. The van der Waals surface area contributed by atoms with Gasteiger partial charge >= 0.3 is 0 Å². The molecular formula is C23H30N6O2. The molecule has 1 fully saturated rings. The molecule has 4 rings (SSSR count). The SMILES string of the molecule is C=CC=O.CN1CCC(n2cccn2)C1.N/C(=C\c1cc[nH]c1N)c1ccccc1O. The number of hydrogen-bond acceptors (Lipinski definition) is 6. The lowest BCUT2D eigenvalue weighted by Crippen LogP contribution is -2.16. The minimum Gasteiger partial charge on any atom is -0.507 e. The number of nitrogens with zero attached hydrogens (tertiary/aromatic N) is 3. The third-order valence-corrected chi connectivity index (χ3v) is 4.70. The second kappa shape index (κ2) is 12.0. The number of H-pyrrole nitrogens is 1. The van der Waals surface area contributed by atoms with Crippen molar-refractivity contribution in [2.75, 3.05) is 25.9 Å². The van der Waals surface area contributed by atoms with Gasteiger partial charge < -0.3 is 26.5 Å². The molecule has 1 aromatic carbocycles. The zero-order chi connectivity index (χ0) is 22.6. The summed E-state index contributed by atoms with van der Waals surface area (Å²) in [6.45, 7) is 5.45.